The molecule has 0 fully saturated rings. The number of anilines is 1. The van der Waals surface area contributed by atoms with Gasteiger partial charge >= 0.3 is 0 Å². The molecule has 1 aliphatic heterocycles. The van der Waals surface area contributed by atoms with E-state index in [1.54, 1.807) is 0 Å². The second-order valence-corrected chi connectivity index (χ2v) is 4.71. The molecule has 1 N–H and O–H groups in total. The van der Waals surface area contributed by atoms with Crippen LogP contribution in [-0.4, -0.2) is 23.1 Å². The smallest absolute Gasteiger partial charge is 0.266 e. The van der Waals surface area contributed by atoms with Crippen molar-refractivity contribution in [3.8, 4) is 0 Å². The highest BCUT2D eigenvalue weighted by atomic mass is 127. The zero-order valence-corrected chi connectivity index (χ0v) is 10.6. The zero-order valence-electron chi connectivity index (χ0n) is 8.46. The van der Waals surface area contributed by atoms with Crippen LogP contribution in [0.2, 0.25) is 0 Å². The van der Waals surface area contributed by atoms with E-state index >= 15 is 0 Å². The normalized spacial score (nSPS) is 16.4. The quantitative estimate of drug-likeness (QED) is 0.631. The van der Waals surface area contributed by atoms with E-state index in [9.17, 15) is 4.79 Å². The number of H-pyrrole nitrogens is 1. The predicted octanol–water partition coefficient (Wildman–Crippen LogP) is 1.53. The lowest BCUT2D eigenvalue weighted by atomic mass is 10.1. The van der Waals surface area contributed by atoms with Gasteiger partial charge in [-0.2, -0.15) is 0 Å². The maximum Gasteiger partial charge on any atom is 0.266 e. The Hall–Kier alpha value is -0.850. The third-order valence-electron chi connectivity index (χ3n) is 2.41. The summed E-state index contributed by atoms with van der Waals surface area (Å²) in [6, 6.07) is 0. The summed E-state index contributed by atoms with van der Waals surface area (Å²) in [6.07, 6.45) is 4.72. The van der Waals surface area contributed by atoms with Gasteiger partial charge in [0, 0.05) is 13.1 Å². The van der Waals surface area contributed by atoms with Gasteiger partial charge in [0.05, 0.1) is 6.33 Å². The maximum atomic E-state index is 11.4. The Bertz CT molecular complexity index is 452. The van der Waals surface area contributed by atoms with Gasteiger partial charge in [-0.3, -0.25) is 4.79 Å². The monoisotopic (exact) mass is 317 g/mol. The van der Waals surface area contributed by atoms with E-state index < -0.39 is 0 Å². The molecule has 0 saturated heterocycles. The molecule has 2 rings (SSSR count). The number of halogens is 1. The summed E-state index contributed by atoms with van der Waals surface area (Å²) in [4.78, 5) is 20.4. The molecule has 0 spiro atoms. The minimum absolute atomic E-state index is 0.0622. The van der Waals surface area contributed by atoms with E-state index in [-0.39, 0.29) is 5.56 Å². The number of hydrogen-bond acceptors (Lipinski definition) is 3. The average Bonchev–Trinajstić information content (AvgIpc) is 2.22. The second kappa shape index (κ2) is 4.34. The average molecular weight is 317 g/mol. The molecule has 1 aliphatic rings. The highest BCUT2D eigenvalue weighted by Gasteiger charge is 2.16. The first-order valence-corrected chi connectivity index (χ1v) is 5.90. The number of nitrogens with one attached hydrogen (secondary N) is 1. The molecule has 1 aromatic rings. The highest BCUT2D eigenvalue weighted by Crippen LogP contribution is 2.19. The summed E-state index contributed by atoms with van der Waals surface area (Å²) in [7, 11) is 0. The summed E-state index contributed by atoms with van der Waals surface area (Å²) in [5.74, 6) is 0.798. The lowest BCUT2D eigenvalue weighted by Gasteiger charge is -2.27. The van der Waals surface area contributed by atoms with E-state index in [4.69, 9.17) is 0 Å². The van der Waals surface area contributed by atoms with Crippen molar-refractivity contribution in [3.05, 3.63) is 31.9 Å². The molecule has 0 bridgehead atoms. The molecule has 0 radical (unpaired) electrons. The summed E-state index contributed by atoms with van der Waals surface area (Å²) >= 11 is 2.05. The van der Waals surface area contributed by atoms with Crippen LogP contribution in [0.25, 0.3) is 0 Å². The molecule has 0 aromatic carbocycles. The first-order valence-electron chi connectivity index (χ1n) is 4.82. The Morgan fingerprint density at radius 3 is 3.13 bits per heavy atom. The van der Waals surface area contributed by atoms with Crippen LogP contribution in [0, 0.1) is 3.57 Å². The Morgan fingerprint density at radius 2 is 2.40 bits per heavy atom. The Labute approximate surface area is 102 Å². The van der Waals surface area contributed by atoms with Gasteiger partial charge in [0.25, 0.3) is 5.56 Å². The molecule has 0 unspecified atom stereocenters. The molecule has 0 amide bonds. The van der Waals surface area contributed by atoms with Crippen molar-refractivity contribution in [1.82, 2.24) is 9.97 Å². The van der Waals surface area contributed by atoms with Gasteiger partial charge in [-0.25, -0.2) is 4.98 Å². The molecule has 0 saturated carbocycles. The van der Waals surface area contributed by atoms with Gasteiger partial charge in [0.15, 0.2) is 0 Å². The lowest BCUT2D eigenvalue weighted by Crippen LogP contribution is -2.32. The second-order valence-electron chi connectivity index (χ2n) is 3.63. The molecule has 5 heteroatoms. The molecule has 80 valence electrons. The zero-order chi connectivity index (χ0) is 10.8. The summed E-state index contributed by atoms with van der Waals surface area (Å²) in [5.41, 5.74) is 1.27. The summed E-state index contributed by atoms with van der Waals surface area (Å²) < 4.78 is 0.671. The molecule has 15 heavy (non-hydrogen) atoms. The minimum Gasteiger partial charge on any atom is -0.351 e. The summed E-state index contributed by atoms with van der Waals surface area (Å²) in [5, 5.41) is 0. The lowest BCUT2D eigenvalue weighted by molar-refractivity contribution is 0.771. The first-order chi connectivity index (χ1) is 7.18. The number of rotatable bonds is 1. The standard InChI is InChI=1S/C10H12IN3O/c1-7-3-2-4-14(5-7)9-8(11)10(15)13-6-12-9/h3,6H,2,4-5H2,1H3,(H,12,13,15). The Kier molecular flexibility index (Phi) is 3.08. The number of aromatic amines is 1. The SMILES string of the molecule is CC1=CCCN(c2nc[nH]c(=O)c2I)C1. The van der Waals surface area contributed by atoms with Crippen molar-refractivity contribution in [2.24, 2.45) is 0 Å². The van der Waals surface area contributed by atoms with Crippen molar-refractivity contribution in [1.29, 1.82) is 0 Å². The Balaban J connectivity index is 2.34. The molecule has 4 nitrogen and oxygen atoms in total. The van der Waals surface area contributed by atoms with Crippen LogP contribution in [0.4, 0.5) is 5.82 Å². The predicted molar refractivity (Wildman–Crippen MR) is 68.2 cm³/mol. The van der Waals surface area contributed by atoms with Gasteiger partial charge in [-0.15, -0.1) is 0 Å². The van der Waals surface area contributed by atoms with E-state index in [0.29, 0.717) is 3.57 Å². The van der Waals surface area contributed by atoms with Crippen LogP contribution < -0.4 is 10.5 Å². The van der Waals surface area contributed by atoms with Crippen molar-refractivity contribution >= 4 is 28.4 Å². The van der Waals surface area contributed by atoms with E-state index in [2.05, 4.69) is 27.9 Å². The number of nitrogens with zero attached hydrogens (tertiary/aromatic N) is 2. The number of hydrogen-bond donors (Lipinski definition) is 1. The van der Waals surface area contributed by atoms with Crippen molar-refractivity contribution < 1.29 is 0 Å². The van der Waals surface area contributed by atoms with Crippen LogP contribution in [0.5, 0.6) is 0 Å². The highest BCUT2D eigenvalue weighted by molar-refractivity contribution is 14.1. The molecule has 1 aromatic heterocycles. The fourth-order valence-corrected chi connectivity index (χ4v) is 2.32. The van der Waals surface area contributed by atoms with Gasteiger partial charge in [-0.05, 0) is 35.9 Å². The molecule has 0 aliphatic carbocycles. The van der Waals surface area contributed by atoms with Gasteiger partial charge in [0.2, 0.25) is 0 Å². The van der Waals surface area contributed by atoms with E-state index in [0.717, 1.165) is 25.3 Å². The largest absolute Gasteiger partial charge is 0.351 e. The fraction of sp³-hybridized carbons (Fsp3) is 0.400. The molecular formula is C10H12IN3O. The van der Waals surface area contributed by atoms with E-state index in [1.165, 1.54) is 11.9 Å². The van der Waals surface area contributed by atoms with Crippen molar-refractivity contribution in [2.45, 2.75) is 13.3 Å². The van der Waals surface area contributed by atoms with Crippen molar-refractivity contribution in [2.75, 3.05) is 18.0 Å². The third kappa shape index (κ3) is 2.22. The van der Waals surface area contributed by atoms with Crippen LogP contribution in [-0.2, 0) is 0 Å². The van der Waals surface area contributed by atoms with Gasteiger partial charge in [0.1, 0.15) is 9.39 Å². The third-order valence-corrected chi connectivity index (χ3v) is 3.38. The topological polar surface area (TPSA) is 49.0 Å². The molecule has 2 heterocycles. The van der Waals surface area contributed by atoms with E-state index in [1.807, 2.05) is 22.6 Å². The summed E-state index contributed by atoms with van der Waals surface area (Å²) in [6.45, 7) is 3.91. The van der Waals surface area contributed by atoms with Crippen LogP contribution in [0.15, 0.2) is 22.8 Å². The first kappa shape index (κ1) is 10.7. The molecular weight excluding hydrogens is 305 g/mol. The fourth-order valence-electron chi connectivity index (χ4n) is 1.69. The number of aromatic nitrogens is 2. The molecule has 0 atom stereocenters. The van der Waals surface area contributed by atoms with Crippen LogP contribution >= 0.6 is 22.6 Å². The van der Waals surface area contributed by atoms with Crippen LogP contribution in [0.3, 0.4) is 0 Å². The van der Waals surface area contributed by atoms with Crippen molar-refractivity contribution in [3.63, 3.8) is 0 Å². The van der Waals surface area contributed by atoms with Gasteiger partial charge < -0.3 is 9.88 Å². The minimum atomic E-state index is -0.0622. The van der Waals surface area contributed by atoms with Gasteiger partial charge in [-0.1, -0.05) is 11.6 Å². The maximum absolute atomic E-state index is 11.4. The van der Waals surface area contributed by atoms with Crippen LogP contribution in [0.1, 0.15) is 13.3 Å². The Morgan fingerprint density at radius 1 is 1.60 bits per heavy atom.